The number of methoxy groups -OCH3 is 1. The van der Waals surface area contributed by atoms with Crippen molar-refractivity contribution in [3.05, 3.63) is 29.6 Å². The summed E-state index contributed by atoms with van der Waals surface area (Å²) >= 11 is 0. The van der Waals surface area contributed by atoms with Crippen LogP contribution in [0.5, 0.6) is 0 Å². The van der Waals surface area contributed by atoms with Crippen LogP contribution in [-0.4, -0.2) is 31.7 Å². The molecule has 1 N–H and O–H groups in total. The highest BCUT2D eigenvalue weighted by Crippen LogP contribution is 2.08. The third-order valence-corrected chi connectivity index (χ3v) is 2.13. The topological polar surface area (TPSA) is 51.2 Å². The van der Waals surface area contributed by atoms with E-state index in [0.717, 1.165) is 18.4 Å². The van der Waals surface area contributed by atoms with E-state index in [1.807, 2.05) is 12.1 Å². The molecule has 15 heavy (non-hydrogen) atoms. The van der Waals surface area contributed by atoms with E-state index in [1.165, 1.54) is 0 Å². The number of rotatable bonds is 5. The molecule has 0 saturated heterocycles. The molecule has 4 nitrogen and oxygen atoms in total. The molecular formula is C11H16N2O2. The van der Waals surface area contributed by atoms with Crippen molar-refractivity contribution in [1.82, 2.24) is 10.3 Å². The Morgan fingerprint density at radius 3 is 3.07 bits per heavy atom. The Bertz CT molecular complexity index is 326. The van der Waals surface area contributed by atoms with Gasteiger partial charge in [0.25, 0.3) is 5.91 Å². The molecule has 1 aromatic heterocycles. The molecule has 0 fully saturated rings. The van der Waals surface area contributed by atoms with E-state index >= 15 is 0 Å². The number of carbonyl (C=O) groups is 1. The molecular weight excluding hydrogens is 192 g/mol. The van der Waals surface area contributed by atoms with E-state index in [4.69, 9.17) is 4.74 Å². The minimum atomic E-state index is -0.136. The molecule has 1 rings (SSSR count). The number of hydrogen-bond donors (Lipinski definition) is 1. The van der Waals surface area contributed by atoms with Crippen LogP contribution in [0.2, 0.25) is 0 Å². The zero-order valence-electron chi connectivity index (χ0n) is 9.12. The lowest BCUT2D eigenvalue weighted by Crippen LogP contribution is -2.21. The molecule has 1 heterocycles. The molecule has 1 amide bonds. The lowest BCUT2D eigenvalue weighted by Gasteiger charge is -2.06. The average molecular weight is 208 g/mol. The minimum Gasteiger partial charge on any atom is -0.385 e. The molecule has 0 aliphatic rings. The van der Waals surface area contributed by atoms with E-state index in [-0.39, 0.29) is 5.91 Å². The van der Waals surface area contributed by atoms with Gasteiger partial charge < -0.3 is 10.1 Å². The minimum absolute atomic E-state index is 0.136. The van der Waals surface area contributed by atoms with Crippen LogP contribution >= 0.6 is 0 Å². The highest BCUT2D eigenvalue weighted by molar-refractivity contribution is 5.93. The van der Waals surface area contributed by atoms with Gasteiger partial charge >= 0.3 is 0 Å². The summed E-state index contributed by atoms with van der Waals surface area (Å²) in [4.78, 5) is 15.5. The summed E-state index contributed by atoms with van der Waals surface area (Å²) in [5.74, 6) is -0.136. The van der Waals surface area contributed by atoms with Crippen molar-refractivity contribution in [3.63, 3.8) is 0 Å². The molecule has 0 aromatic carbocycles. The van der Waals surface area contributed by atoms with Crippen LogP contribution in [0.1, 0.15) is 22.5 Å². The number of aryl methyl sites for hydroxylation is 1. The number of hydrogen-bond acceptors (Lipinski definition) is 3. The first-order chi connectivity index (χ1) is 7.29. The highest BCUT2D eigenvalue weighted by Gasteiger charge is 2.09. The van der Waals surface area contributed by atoms with Crippen molar-refractivity contribution in [2.24, 2.45) is 0 Å². The number of ether oxygens (including phenoxy) is 1. The monoisotopic (exact) mass is 208 g/mol. The van der Waals surface area contributed by atoms with Gasteiger partial charge in [0.15, 0.2) is 0 Å². The molecule has 0 bridgehead atoms. The first-order valence-corrected chi connectivity index (χ1v) is 4.94. The molecule has 0 aliphatic heterocycles. The van der Waals surface area contributed by atoms with Crippen LogP contribution in [0.25, 0.3) is 0 Å². The first-order valence-electron chi connectivity index (χ1n) is 4.94. The van der Waals surface area contributed by atoms with Crippen molar-refractivity contribution in [1.29, 1.82) is 0 Å². The zero-order chi connectivity index (χ0) is 11.1. The normalized spacial score (nSPS) is 10.0. The molecule has 0 aliphatic carbocycles. The Morgan fingerprint density at radius 1 is 1.60 bits per heavy atom. The molecule has 1 aromatic rings. The number of carbonyl (C=O) groups excluding carboxylic acids is 1. The number of nitrogens with zero attached hydrogens (tertiary/aromatic N) is 1. The molecule has 4 heteroatoms. The standard InChI is InChI=1S/C11H16N2O2/c1-12-11(14)10-9(5-3-7-13-10)6-4-8-15-2/h3,5,7H,4,6,8H2,1-2H3,(H,12,14). The van der Waals surface area contributed by atoms with E-state index in [2.05, 4.69) is 10.3 Å². The molecule has 0 spiro atoms. The second-order valence-electron chi connectivity index (χ2n) is 3.19. The second kappa shape index (κ2) is 6.14. The summed E-state index contributed by atoms with van der Waals surface area (Å²) in [6.07, 6.45) is 3.33. The van der Waals surface area contributed by atoms with E-state index in [1.54, 1.807) is 20.4 Å². The highest BCUT2D eigenvalue weighted by atomic mass is 16.5. The van der Waals surface area contributed by atoms with E-state index in [9.17, 15) is 4.79 Å². The summed E-state index contributed by atoms with van der Waals surface area (Å²) in [7, 11) is 3.28. The SMILES string of the molecule is CNC(=O)c1ncccc1CCCOC. The number of nitrogens with one attached hydrogen (secondary N) is 1. The Morgan fingerprint density at radius 2 is 2.40 bits per heavy atom. The van der Waals surface area contributed by atoms with Crippen LogP contribution < -0.4 is 5.32 Å². The number of pyridine rings is 1. The maximum atomic E-state index is 11.5. The molecule has 0 saturated carbocycles. The predicted octanol–water partition coefficient (Wildman–Crippen LogP) is 1.02. The van der Waals surface area contributed by atoms with Crippen molar-refractivity contribution in [2.75, 3.05) is 20.8 Å². The van der Waals surface area contributed by atoms with E-state index < -0.39 is 0 Å². The fourth-order valence-electron chi connectivity index (χ4n) is 1.37. The van der Waals surface area contributed by atoms with Gasteiger partial charge in [0.2, 0.25) is 0 Å². The summed E-state index contributed by atoms with van der Waals surface area (Å²) in [6, 6.07) is 3.77. The summed E-state index contributed by atoms with van der Waals surface area (Å²) in [5, 5.41) is 2.58. The van der Waals surface area contributed by atoms with Crippen LogP contribution in [0.4, 0.5) is 0 Å². The van der Waals surface area contributed by atoms with Gasteiger partial charge in [-0.15, -0.1) is 0 Å². The maximum absolute atomic E-state index is 11.5. The van der Waals surface area contributed by atoms with Crippen LogP contribution in [-0.2, 0) is 11.2 Å². The van der Waals surface area contributed by atoms with Crippen LogP contribution in [0.3, 0.4) is 0 Å². The quantitative estimate of drug-likeness (QED) is 0.735. The third kappa shape index (κ3) is 3.32. The van der Waals surface area contributed by atoms with Gasteiger partial charge in [0.05, 0.1) is 0 Å². The predicted molar refractivity (Wildman–Crippen MR) is 57.8 cm³/mol. The second-order valence-corrected chi connectivity index (χ2v) is 3.19. The summed E-state index contributed by atoms with van der Waals surface area (Å²) < 4.78 is 4.97. The third-order valence-electron chi connectivity index (χ3n) is 2.13. The molecule has 0 unspecified atom stereocenters. The Labute approximate surface area is 89.7 Å². The van der Waals surface area contributed by atoms with Gasteiger partial charge in [-0.2, -0.15) is 0 Å². The summed E-state index contributed by atoms with van der Waals surface area (Å²) in [6.45, 7) is 0.697. The van der Waals surface area contributed by atoms with Gasteiger partial charge in [-0.25, -0.2) is 0 Å². The zero-order valence-corrected chi connectivity index (χ0v) is 9.12. The Kier molecular flexibility index (Phi) is 4.77. The molecule has 0 radical (unpaired) electrons. The van der Waals surface area contributed by atoms with Crippen molar-refractivity contribution >= 4 is 5.91 Å². The first kappa shape index (κ1) is 11.7. The largest absolute Gasteiger partial charge is 0.385 e. The number of aromatic nitrogens is 1. The van der Waals surface area contributed by atoms with E-state index in [0.29, 0.717) is 12.3 Å². The van der Waals surface area contributed by atoms with Gasteiger partial charge in [0, 0.05) is 27.0 Å². The summed E-state index contributed by atoms with van der Waals surface area (Å²) in [5.41, 5.74) is 1.48. The van der Waals surface area contributed by atoms with Gasteiger partial charge in [-0.3, -0.25) is 9.78 Å². The van der Waals surface area contributed by atoms with Crippen LogP contribution in [0.15, 0.2) is 18.3 Å². The number of amides is 1. The lowest BCUT2D eigenvalue weighted by molar-refractivity contribution is 0.0957. The fourth-order valence-corrected chi connectivity index (χ4v) is 1.37. The van der Waals surface area contributed by atoms with Gasteiger partial charge in [-0.05, 0) is 24.5 Å². The van der Waals surface area contributed by atoms with Crippen molar-refractivity contribution in [3.8, 4) is 0 Å². The van der Waals surface area contributed by atoms with Crippen molar-refractivity contribution in [2.45, 2.75) is 12.8 Å². The fraction of sp³-hybridized carbons (Fsp3) is 0.455. The molecule has 0 atom stereocenters. The Hall–Kier alpha value is -1.42. The average Bonchev–Trinajstić information content (AvgIpc) is 2.29. The van der Waals surface area contributed by atoms with Gasteiger partial charge in [-0.1, -0.05) is 6.07 Å². The Balaban J connectivity index is 2.73. The smallest absolute Gasteiger partial charge is 0.269 e. The lowest BCUT2D eigenvalue weighted by atomic mass is 10.1. The van der Waals surface area contributed by atoms with Crippen molar-refractivity contribution < 1.29 is 9.53 Å². The van der Waals surface area contributed by atoms with Crippen LogP contribution in [0, 0.1) is 0 Å². The molecule has 82 valence electrons. The van der Waals surface area contributed by atoms with Gasteiger partial charge in [0.1, 0.15) is 5.69 Å². The maximum Gasteiger partial charge on any atom is 0.269 e.